The summed E-state index contributed by atoms with van der Waals surface area (Å²) in [5.41, 5.74) is 1.61. The molecule has 0 aliphatic rings. The summed E-state index contributed by atoms with van der Waals surface area (Å²) in [5.74, 6) is 0. The fourth-order valence-corrected chi connectivity index (χ4v) is 1.18. The maximum Gasteiger partial charge on any atom is 0.152 e. The van der Waals surface area contributed by atoms with Crippen LogP contribution in [0.2, 0.25) is 0 Å². The predicted molar refractivity (Wildman–Crippen MR) is 46.2 cm³/mol. The molecule has 13 heavy (non-hydrogen) atoms. The van der Waals surface area contributed by atoms with Gasteiger partial charge >= 0.3 is 0 Å². The second-order valence-corrected chi connectivity index (χ2v) is 2.59. The molecule has 0 bridgehead atoms. The van der Waals surface area contributed by atoms with Gasteiger partial charge in [-0.1, -0.05) is 0 Å². The van der Waals surface area contributed by atoms with E-state index >= 15 is 0 Å². The molecule has 0 aliphatic heterocycles. The molecule has 0 spiro atoms. The van der Waals surface area contributed by atoms with Gasteiger partial charge in [-0.15, -0.1) is 0 Å². The third-order valence-corrected chi connectivity index (χ3v) is 1.82. The van der Waals surface area contributed by atoms with E-state index in [2.05, 4.69) is 9.97 Å². The zero-order chi connectivity index (χ0) is 9.26. The number of H-pyrrole nitrogens is 1. The monoisotopic (exact) mass is 171 g/mol. The minimum atomic E-state index is 0.454. The zero-order valence-electron chi connectivity index (χ0n) is 6.61. The van der Waals surface area contributed by atoms with Crippen LogP contribution in [0.4, 0.5) is 0 Å². The fourth-order valence-electron chi connectivity index (χ4n) is 1.18. The molecule has 4 nitrogen and oxygen atoms in total. The summed E-state index contributed by atoms with van der Waals surface area (Å²) in [5, 5.41) is 9.30. The van der Waals surface area contributed by atoms with Crippen molar-refractivity contribution in [2.75, 3.05) is 0 Å². The third-order valence-electron chi connectivity index (χ3n) is 1.82. The topological polar surface area (TPSA) is 69.5 Å². The standard InChI is InChI=1S/C9H5N3O/c10-2-6-1-8-7(5-13)4-12-9(8)11-3-6/h1,3-5H,(H,11,12). The maximum absolute atomic E-state index is 10.6. The van der Waals surface area contributed by atoms with Crippen LogP contribution in [0.25, 0.3) is 11.0 Å². The number of nitriles is 1. The van der Waals surface area contributed by atoms with Crippen molar-refractivity contribution in [3.05, 3.63) is 29.6 Å². The minimum Gasteiger partial charge on any atom is -0.345 e. The first-order valence-corrected chi connectivity index (χ1v) is 3.67. The molecule has 0 radical (unpaired) electrons. The van der Waals surface area contributed by atoms with Crippen LogP contribution in [0.3, 0.4) is 0 Å². The van der Waals surface area contributed by atoms with Crippen molar-refractivity contribution in [2.45, 2.75) is 0 Å². The van der Waals surface area contributed by atoms with E-state index in [1.165, 1.54) is 6.20 Å². The number of nitrogens with one attached hydrogen (secondary N) is 1. The Kier molecular flexibility index (Phi) is 1.57. The number of aromatic nitrogens is 2. The molecule has 2 heterocycles. The van der Waals surface area contributed by atoms with Gasteiger partial charge in [0.05, 0.1) is 5.56 Å². The molecule has 0 atom stereocenters. The zero-order valence-corrected chi connectivity index (χ0v) is 6.61. The van der Waals surface area contributed by atoms with Crippen LogP contribution >= 0.6 is 0 Å². The molecule has 0 amide bonds. The number of aromatic amines is 1. The first-order chi connectivity index (χ1) is 6.35. The van der Waals surface area contributed by atoms with Crippen LogP contribution in [-0.2, 0) is 0 Å². The minimum absolute atomic E-state index is 0.454. The van der Waals surface area contributed by atoms with E-state index in [1.807, 2.05) is 6.07 Å². The number of carbonyl (C=O) groups is 1. The quantitative estimate of drug-likeness (QED) is 0.656. The second kappa shape index (κ2) is 2.72. The van der Waals surface area contributed by atoms with E-state index in [-0.39, 0.29) is 0 Å². The number of nitrogens with zero attached hydrogens (tertiary/aromatic N) is 2. The Labute approximate surface area is 73.8 Å². The molecule has 0 fully saturated rings. The normalized spacial score (nSPS) is 9.77. The van der Waals surface area contributed by atoms with Gasteiger partial charge in [0.15, 0.2) is 6.29 Å². The van der Waals surface area contributed by atoms with Crippen molar-refractivity contribution in [3.63, 3.8) is 0 Å². The molecule has 0 saturated carbocycles. The van der Waals surface area contributed by atoms with Crippen molar-refractivity contribution >= 4 is 17.3 Å². The van der Waals surface area contributed by atoms with Crippen LogP contribution in [-0.4, -0.2) is 16.3 Å². The fraction of sp³-hybridized carbons (Fsp3) is 0. The lowest BCUT2D eigenvalue weighted by Crippen LogP contribution is -1.81. The average Bonchev–Trinajstić information content (AvgIpc) is 2.59. The Morgan fingerprint density at radius 3 is 3.15 bits per heavy atom. The summed E-state index contributed by atoms with van der Waals surface area (Å²) in [7, 11) is 0. The molecule has 2 rings (SSSR count). The largest absolute Gasteiger partial charge is 0.345 e. The Morgan fingerprint density at radius 1 is 1.62 bits per heavy atom. The lowest BCUT2D eigenvalue weighted by Gasteiger charge is -1.89. The van der Waals surface area contributed by atoms with E-state index in [4.69, 9.17) is 5.26 Å². The summed E-state index contributed by atoms with van der Waals surface area (Å²) in [6.07, 6.45) is 3.78. The Morgan fingerprint density at radius 2 is 2.46 bits per heavy atom. The second-order valence-electron chi connectivity index (χ2n) is 2.59. The van der Waals surface area contributed by atoms with Gasteiger partial charge in [0.2, 0.25) is 0 Å². The summed E-state index contributed by atoms with van der Waals surface area (Å²) < 4.78 is 0. The number of aldehydes is 1. The van der Waals surface area contributed by atoms with E-state index in [0.717, 1.165) is 6.29 Å². The molecule has 2 aromatic heterocycles. The smallest absolute Gasteiger partial charge is 0.152 e. The summed E-state index contributed by atoms with van der Waals surface area (Å²) in [4.78, 5) is 17.4. The van der Waals surface area contributed by atoms with E-state index in [0.29, 0.717) is 22.2 Å². The molecule has 62 valence electrons. The number of pyridine rings is 1. The molecule has 4 heteroatoms. The van der Waals surface area contributed by atoms with Gasteiger partial charge in [0, 0.05) is 23.3 Å². The lowest BCUT2D eigenvalue weighted by atomic mass is 10.2. The van der Waals surface area contributed by atoms with Crippen molar-refractivity contribution < 1.29 is 4.79 Å². The highest BCUT2D eigenvalue weighted by Crippen LogP contribution is 2.15. The van der Waals surface area contributed by atoms with Gasteiger partial charge in [-0.3, -0.25) is 4.79 Å². The number of hydrogen-bond donors (Lipinski definition) is 1. The van der Waals surface area contributed by atoms with Crippen LogP contribution in [0.1, 0.15) is 15.9 Å². The first-order valence-electron chi connectivity index (χ1n) is 3.67. The molecule has 1 N–H and O–H groups in total. The summed E-state index contributed by atoms with van der Waals surface area (Å²) in [6, 6.07) is 3.61. The average molecular weight is 171 g/mol. The molecule has 0 aromatic carbocycles. The molecule has 2 aromatic rings. The number of fused-ring (bicyclic) bond motifs is 1. The maximum atomic E-state index is 10.6. The number of rotatable bonds is 1. The SMILES string of the molecule is N#Cc1cnc2[nH]cc(C=O)c2c1. The van der Waals surface area contributed by atoms with E-state index in [9.17, 15) is 4.79 Å². The lowest BCUT2D eigenvalue weighted by molar-refractivity contribution is 0.112. The van der Waals surface area contributed by atoms with Crippen molar-refractivity contribution in [1.82, 2.24) is 9.97 Å². The summed E-state index contributed by atoms with van der Waals surface area (Å²) in [6.45, 7) is 0. The molecular formula is C9H5N3O. The van der Waals surface area contributed by atoms with E-state index < -0.39 is 0 Å². The van der Waals surface area contributed by atoms with Gasteiger partial charge in [0.1, 0.15) is 11.7 Å². The van der Waals surface area contributed by atoms with Crippen LogP contribution in [0.15, 0.2) is 18.5 Å². The molecular weight excluding hydrogens is 166 g/mol. The highest BCUT2D eigenvalue weighted by molar-refractivity contribution is 5.95. The van der Waals surface area contributed by atoms with Crippen molar-refractivity contribution in [2.24, 2.45) is 0 Å². The molecule has 0 aliphatic carbocycles. The van der Waals surface area contributed by atoms with Gasteiger partial charge in [-0.2, -0.15) is 5.26 Å². The highest BCUT2D eigenvalue weighted by Gasteiger charge is 2.03. The number of carbonyl (C=O) groups excluding carboxylic acids is 1. The van der Waals surface area contributed by atoms with Gasteiger partial charge in [0.25, 0.3) is 0 Å². The predicted octanol–water partition coefficient (Wildman–Crippen LogP) is 1.25. The Hall–Kier alpha value is -2.15. The van der Waals surface area contributed by atoms with Crippen molar-refractivity contribution in [3.8, 4) is 6.07 Å². The van der Waals surface area contributed by atoms with Crippen LogP contribution < -0.4 is 0 Å². The van der Waals surface area contributed by atoms with Gasteiger partial charge in [-0.05, 0) is 6.07 Å². The van der Waals surface area contributed by atoms with Gasteiger partial charge < -0.3 is 4.98 Å². The highest BCUT2D eigenvalue weighted by atomic mass is 16.1. The van der Waals surface area contributed by atoms with E-state index in [1.54, 1.807) is 12.3 Å². The number of hydrogen-bond acceptors (Lipinski definition) is 3. The Bertz CT molecular complexity index is 507. The summed E-state index contributed by atoms with van der Waals surface area (Å²) >= 11 is 0. The third kappa shape index (κ3) is 1.07. The Balaban J connectivity index is 2.80. The van der Waals surface area contributed by atoms with Crippen LogP contribution in [0, 0.1) is 11.3 Å². The first kappa shape index (κ1) is 7.50. The van der Waals surface area contributed by atoms with Crippen molar-refractivity contribution in [1.29, 1.82) is 5.26 Å². The van der Waals surface area contributed by atoms with Crippen LogP contribution in [0.5, 0.6) is 0 Å². The molecule has 0 unspecified atom stereocenters. The van der Waals surface area contributed by atoms with Gasteiger partial charge in [-0.25, -0.2) is 4.98 Å². The molecule has 0 saturated heterocycles.